The van der Waals surface area contributed by atoms with Gasteiger partial charge in [0.05, 0.1) is 19.3 Å². The molecule has 3 aromatic carbocycles. The number of esters is 2. The summed E-state index contributed by atoms with van der Waals surface area (Å²) in [7, 11) is 0. The molecule has 212 valence electrons. The van der Waals surface area contributed by atoms with Crippen molar-refractivity contribution in [2.45, 2.75) is 58.0 Å². The molecule has 40 heavy (non-hydrogen) atoms. The van der Waals surface area contributed by atoms with Crippen LogP contribution in [0.4, 0.5) is 5.69 Å². The highest BCUT2D eigenvalue weighted by molar-refractivity contribution is 6.32. The third-order valence-electron chi connectivity index (χ3n) is 6.48. The molecule has 0 bridgehead atoms. The van der Waals surface area contributed by atoms with E-state index in [4.69, 9.17) is 37.4 Å². The molecule has 0 saturated carbocycles. The van der Waals surface area contributed by atoms with E-state index < -0.39 is 29.7 Å². The molecule has 0 aromatic heterocycles. The number of benzene rings is 3. The number of carbonyl (C=O) groups excluding carboxylic acids is 2. The van der Waals surface area contributed by atoms with Gasteiger partial charge in [-0.3, -0.25) is 5.32 Å². The summed E-state index contributed by atoms with van der Waals surface area (Å²) >= 11 is 13.5. The molecular weight excluding hydrogens is 551 g/mol. The Balaban J connectivity index is 2.01. The van der Waals surface area contributed by atoms with Gasteiger partial charge in [-0.15, -0.1) is 0 Å². The Labute approximate surface area is 245 Å². The largest absolute Gasteiger partial charge is 0.488 e. The van der Waals surface area contributed by atoms with Gasteiger partial charge in [0.25, 0.3) is 0 Å². The Hall–Kier alpha value is -3.26. The van der Waals surface area contributed by atoms with E-state index in [1.807, 2.05) is 74.2 Å². The van der Waals surface area contributed by atoms with Crippen molar-refractivity contribution >= 4 is 40.8 Å². The first kappa shape index (κ1) is 29.7. The van der Waals surface area contributed by atoms with Crippen molar-refractivity contribution in [1.29, 1.82) is 0 Å². The van der Waals surface area contributed by atoms with Crippen LogP contribution in [0.2, 0.25) is 10.0 Å². The van der Waals surface area contributed by atoms with E-state index in [9.17, 15) is 9.59 Å². The second-order valence-corrected chi connectivity index (χ2v) is 11.2. The van der Waals surface area contributed by atoms with Crippen molar-refractivity contribution in [2.24, 2.45) is 0 Å². The van der Waals surface area contributed by atoms with Crippen LogP contribution < -0.4 is 15.0 Å². The Bertz CT molecular complexity index is 1340. The molecule has 1 N–H and O–H groups in total. The Morgan fingerprint density at radius 1 is 0.825 bits per heavy atom. The molecule has 1 saturated heterocycles. The van der Waals surface area contributed by atoms with E-state index in [1.165, 1.54) is 0 Å². The third kappa shape index (κ3) is 5.78. The quantitative estimate of drug-likeness (QED) is 0.228. The summed E-state index contributed by atoms with van der Waals surface area (Å²) in [6.07, 6.45) is -0.738. The molecular formula is C31H34Cl2N2O5. The zero-order valence-electron chi connectivity index (χ0n) is 23.2. The van der Waals surface area contributed by atoms with Crippen LogP contribution in [0, 0.1) is 0 Å². The fraction of sp³-hybridized carbons (Fsp3) is 0.355. The zero-order valence-corrected chi connectivity index (χ0v) is 24.8. The van der Waals surface area contributed by atoms with Crippen LogP contribution in [0.5, 0.6) is 5.75 Å². The molecule has 1 aliphatic heterocycles. The zero-order chi connectivity index (χ0) is 29.1. The lowest BCUT2D eigenvalue weighted by Gasteiger charge is -2.36. The number of ether oxygens (including phenoxy) is 3. The molecule has 0 aliphatic carbocycles. The predicted molar refractivity (Wildman–Crippen MR) is 157 cm³/mol. The fourth-order valence-corrected chi connectivity index (χ4v) is 5.46. The van der Waals surface area contributed by atoms with E-state index in [0.717, 1.165) is 0 Å². The average Bonchev–Trinajstić information content (AvgIpc) is 3.26. The van der Waals surface area contributed by atoms with Gasteiger partial charge in [0.2, 0.25) is 5.54 Å². The topological polar surface area (TPSA) is 77.1 Å². The molecule has 3 aromatic rings. The van der Waals surface area contributed by atoms with Crippen LogP contribution in [0.3, 0.4) is 0 Å². The van der Waals surface area contributed by atoms with Crippen LogP contribution >= 0.6 is 23.2 Å². The van der Waals surface area contributed by atoms with Gasteiger partial charge in [-0.05, 0) is 76.6 Å². The van der Waals surface area contributed by atoms with Gasteiger partial charge in [0, 0.05) is 21.3 Å². The number of halogens is 2. The van der Waals surface area contributed by atoms with Gasteiger partial charge < -0.3 is 19.1 Å². The number of nitrogens with zero attached hydrogens (tertiary/aromatic N) is 1. The second kappa shape index (κ2) is 12.1. The van der Waals surface area contributed by atoms with E-state index in [0.29, 0.717) is 32.6 Å². The van der Waals surface area contributed by atoms with Crippen LogP contribution in [0.1, 0.15) is 58.0 Å². The maximum Gasteiger partial charge on any atom is 0.340 e. The van der Waals surface area contributed by atoms with Crippen molar-refractivity contribution in [1.82, 2.24) is 5.32 Å². The van der Waals surface area contributed by atoms with Crippen molar-refractivity contribution in [2.75, 3.05) is 18.1 Å². The molecule has 1 heterocycles. The Morgan fingerprint density at radius 3 is 1.80 bits per heavy atom. The maximum absolute atomic E-state index is 13.9. The first-order valence-electron chi connectivity index (χ1n) is 13.2. The molecule has 4 rings (SSSR count). The minimum atomic E-state index is -1.97. The predicted octanol–water partition coefficient (Wildman–Crippen LogP) is 6.89. The highest BCUT2D eigenvalue weighted by Gasteiger charge is 2.65. The summed E-state index contributed by atoms with van der Waals surface area (Å²) in [5.74, 6) is -0.870. The van der Waals surface area contributed by atoms with Gasteiger partial charge in [-0.25, -0.2) is 9.59 Å². The fourth-order valence-electron chi connectivity index (χ4n) is 4.98. The van der Waals surface area contributed by atoms with Crippen molar-refractivity contribution in [3.8, 4) is 5.75 Å². The van der Waals surface area contributed by atoms with Crippen molar-refractivity contribution in [3.63, 3.8) is 0 Å². The SMILES string of the molecule is CCOC(=O)C1(C(=O)OCC)N[C@@H](c2ccccc2Cl)N(c2ccc(OC(C)(C)C)cc2)[C@H]1c1ccccc1Cl. The van der Waals surface area contributed by atoms with Gasteiger partial charge in [-0.1, -0.05) is 59.6 Å². The minimum absolute atomic E-state index is 0.0620. The van der Waals surface area contributed by atoms with Gasteiger partial charge in [0.15, 0.2) is 0 Å². The van der Waals surface area contributed by atoms with E-state index in [-0.39, 0.29) is 18.8 Å². The van der Waals surface area contributed by atoms with Gasteiger partial charge >= 0.3 is 11.9 Å². The highest BCUT2D eigenvalue weighted by Crippen LogP contribution is 2.51. The minimum Gasteiger partial charge on any atom is -0.488 e. The summed E-state index contributed by atoms with van der Waals surface area (Å²) in [5, 5.41) is 4.15. The monoisotopic (exact) mass is 584 g/mol. The lowest BCUT2D eigenvalue weighted by molar-refractivity contribution is -0.166. The Morgan fingerprint density at radius 2 is 1.32 bits per heavy atom. The molecule has 0 unspecified atom stereocenters. The molecule has 0 radical (unpaired) electrons. The number of rotatable bonds is 8. The lowest BCUT2D eigenvalue weighted by Crippen LogP contribution is -2.60. The van der Waals surface area contributed by atoms with Crippen molar-refractivity contribution < 1.29 is 23.8 Å². The normalized spacial score (nSPS) is 18.3. The number of carbonyl (C=O) groups is 2. The van der Waals surface area contributed by atoms with Gasteiger partial charge in [0.1, 0.15) is 17.5 Å². The first-order valence-corrected chi connectivity index (χ1v) is 14.0. The second-order valence-electron chi connectivity index (χ2n) is 10.4. The molecule has 0 spiro atoms. The summed E-state index contributed by atoms with van der Waals surface area (Å²) in [4.78, 5) is 29.8. The molecule has 1 aliphatic rings. The van der Waals surface area contributed by atoms with Crippen LogP contribution in [0.25, 0.3) is 0 Å². The van der Waals surface area contributed by atoms with Crippen molar-refractivity contribution in [3.05, 3.63) is 94.0 Å². The lowest BCUT2D eigenvalue weighted by atomic mass is 9.85. The van der Waals surface area contributed by atoms with Crippen LogP contribution in [0.15, 0.2) is 72.8 Å². The standard InChI is InChI=1S/C31H34Cl2N2O5/c1-6-38-28(36)31(29(37)39-7-2)26(22-12-8-10-14-24(22)32)35(27(34-31)23-13-9-11-15-25(23)33)20-16-18-21(19-17-20)40-30(3,4)5/h8-19,26-27,34H,6-7H2,1-5H3/t26-,27+/m0/s1. The third-order valence-corrected chi connectivity index (χ3v) is 7.17. The smallest absolute Gasteiger partial charge is 0.340 e. The highest BCUT2D eigenvalue weighted by atomic mass is 35.5. The molecule has 0 amide bonds. The van der Waals surface area contributed by atoms with Gasteiger partial charge in [-0.2, -0.15) is 0 Å². The van der Waals surface area contributed by atoms with E-state index >= 15 is 0 Å². The molecule has 7 nitrogen and oxygen atoms in total. The molecule has 1 fully saturated rings. The summed E-state index contributed by atoms with van der Waals surface area (Å²) < 4.78 is 17.1. The number of hydrogen-bond donors (Lipinski definition) is 1. The summed E-state index contributed by atoms with van der Waals surface area (Å²) in [6, 6.07) is 20.9. The van der Waals surface area contributed by atoms with Crippen LogP contribution in [-0.4, -0.2) is 36.3 Å². The van der Waals surface area contributed by atoms with E-state index in [1.54, 1.807) is 38.1 Å². The molecule has 9 heteroatoms. The maximum atomic E-state index is 13.9. The first-order chi connectivity index (χ1) is 19.0. The number of hydrogen-bond acceptors (Lipinski definition) is 7. The molecule has 2 atom stereocenters. The summed E-state index contributed by atoms with van der Waals surface area (Å²) in [6.45, 7) is 9.41. The Kier molecular flexibility index (Phi) is 8.98. The number of nitrogens with one attached hydrogen (secondary N) is 1. The van der Waals surface area contributed by atoms with Crippen LogP contribution in [-0.2, 0) is 19.1 Å². The average molecular weight is 586 g/mol. The number of anilines is 1. The van der Waals surface area contributed by atoms with E-state index in [2.05, 4.69) is 5.32 Å². The summed E-state index contributed by atoms with van der Waals surface area (Å²) in [5.41, 5.74) is -0.463.